The first-order chi connectivity index (χ1) is 8.24. The molecule has 17 heavy (non-hydrogen) atoms. The molecule has 0 N–H and O–H groups in total. The van der Waals surface area contributed by atoms with Gasteiger partial charge in [0.25, 0.3) is 0 Å². The second-order valence-corrected chi connectivity index (χ2v) is 6.07. The average Bonchev–Trinajstić information content (AvgIpc) is 2.92. The molecular weight excluding hydrogens is 254 g/mol. The number of carbonyl (C=O) groups is 1. The molecule has 1 aromatic heterocycles. The molecule has 2 rings (SSSR count). The Morgan fingerprint density at radius 2 is 2.47 bits per heavy atom. The van der Waals surface area contributed by atoms with Gasteiger partial charge in [-0.3, -0.25) is 9.69 Å². The van der Waals surface area contributed by atoms with Crippen LogP contribution >= 0.6 is 23.1 Å². The van der Waals surface area contributed by atoms with Crippen molar-refractivity contribution in [2.24, 2.45) is 5.92 Å². The van der Waals surface area contributed by atoms with Gasteiger partial charge in [-0.2, -0.15) is 0 Å². The number of terminal acetylenes is 1. The number of carbonyl (C=O) groups excluding carboxylic acids is 1. The van der Waals surface area contributed by atoms with E-state index in [0.29, 0.717) is 18.1 Å². The van der Waals surface area contributed by atoms with Crippen molar-refractivity contribution in [3.63, 3.8) is 0 Å². The molecule has 0 aromatic carbocycles. The highest BCUT2D eigenvalue weighted by Gasteiger charge is 2.31. The quantitative estimate of drug-likeness (QED) is 0.476. The van der Waals surface area contributed by atoms with E-state index in [9.17, 15) is 4.79 Å². The van der Waals surface area contributed by atoms with E-state index >= 15 is 0 Å². The molecule has 1 fully saturated rings. The fourth-order valence-corrected chi connectivity index (χ4v) is 3.36. The Morgan fingerprint density at radius 3 is 3.12 bits per heavy atom. The fourth-order valence-electron chi connectivity index (χ4n) is 1.56. The van der Waals surface area contributed by atoms with Gasteiger partial charge in [0.2, 0.25) is 11.0 Å². The van der Waals surface area contributed by atoms with E-state index in [1.165, 1.54) is 11.3 Å². The van der Waals surface area contributed by atoms with Gasteiger partial charge >= 0.3 is 0 Å². The first-order valence-corrected chi connectivity index (χ1v) is 7.27. The third-order valence-corrected chi connectivity index (χ3v) is 4.70. The van der Waals surface area contributed by atoms with E-state index in [-0.39, 0.29) is 11.8 Å². The highest BCUT2D eigenvalue weighted by molar-refractivity contribution is 8.01. The molecule has 0 spiro atoms. The van der Waals surface area contributed by atoms with Crippen LogP contribution in [0.15, 0.2) is 4.34 Å². The molecule has 90 valence electrons. The third-order valence-electron chi connectivity index (χ3n) is 2.42. The van der Waals surface area contributed by atoms with Crippen molar-refractivity contribution in [2.45, 2.75) is 24.1 Å². The standard InChI is InChI=1S/C11H13N3OS2/c1-3-5-16-11-13-12-10(17-11)14-7-8(4-2)6-9(14)15/h2,8H,3,5-7H2,1H3. The highest BCUT2D eigenvalue weighted by atomic mass is 32.2. The van der Waals surface area contributed by atoms with Gasteiger partial charge in [0, 0.05) is 24.6 Å². The lowest BCUT2D eigenvalue weighted by molar-refractivity contribution is -0.117. The Labute approximate surface area is 109 Å². The molecule has 0 radical (unpaired) electrons. The molecule has 4 nitrogen and oxygen atoms in total. The summed E-state index contributed by atoms with van der Waals surface area (Å²) < 4.78 is 0.916. The van der Waals surface area contributed by atoms with E-state index < -0.39 is 0 Å². The summed E-state index contributed by atoms with van der Waals surface area (Å²) in [5, 5.41) is 8.80. The molecule has 0 bridgehead atoms. The number of aromatic nitrogens is 2. The number of nitrogens with zero attached hydrogens (tertiary/aromatic N) is 3. The van der Waals surface area contributed by atoms with Crippen molar-refractivity contribution in [1.29, 1.82) is 0 Å². The Kier molecular flexibility index (Phi) is 4.02. The summed E-state index contributed by atoms with van der Waals surface area (Å²) in [6, 6.07) is 0. The molecule has 0 saturated carbocycles. The van der Waals surface area contributed by atoms with Gasteiger partial charge < -0.3 is 0 Å². The van der Waals surface area contributed by atoms with Crippen LogP contribution in [0.4, 0.5) is 5.13 Å². The van der Waals surface area contributed by atoms with Crippen LogP contribution in [0.1, 0.15) is 19.8 Å². The largest absolute Gasteiger partial charge is 0.285 e. The van der Waals surface area contributed by atoms with E-state index in [4.69, 9.17) is 6.42 Å². The van der Waals surface area contributed by atoms with Gasteiger partial charge in [0.15, 0.2) is 4.34 Å². The topological polar surface area (TPSA) is 46.1 Å². The SMILES string of the molecule is C#CC1CC(=O)N(c2nnc(SCCC)s2)C1. The number of anilines is 1. The predicted octanol–water partition coefficient (Wildman–Crippen LogP) is 2.03. The van der Waals surface area contributed by atoms with Crippen molar-refractivity contribution >= 4 is 34.1 Å². The van der Waals surface area contributed by atoms with Gasteiger partial charge in [0.05, 0.1) is 0 Å². The molecular formula is C11H13N3OS2. The van der Waals surface area contributed by atoms with Crippen LogP contribution in [0.5, 0.6) is 0 Å². The molecule has 1 aromatic rings. The van der Waals surface area contributed by atoms with Crippen LogP contribution in [0, 0.1) is 18.3 Å². The number of thioether (sulfide) groups is 1. The summed E-state index contributed by atoms with van der Waals surface area (Å²) in [4.78, 5) is 13.4. The van der Waals surface area contributed by atoms with Crippen LogP contribution in [0.3, 0.4) is 0 Å². The van der Waals surface area contributed by atoms with Crippen molar-refractivity contribution in [3.05, 3.63) is 0 Å². The van der Waals surface area contributed by atoms with Crippen LogP contribution in [0.2, 0.25) is 0 Å². The van der Waals surface area contributed by atoms with Crippen molar-refractivity contribution < 1.29 is 4.79 Å². The number of hydrogen-bond acceptors (Lipinski definition) is 5. The maximum atomic E-state index is 11.7. The first kappa shape index (κ1) is 12.4. The molecule has 2 heterocycles. The summed E-state index contributed by atoms with van der Waals surface area (Å²) in [6.45, 7) is 2.69. The zero-order chi connectivity index (χ0) is 12.3. The summed E-state index contributed by atoms with van der Waals surface area (Å²) in [7, 11) is 0. The van der Waals surface area contributed by atoms with Crippen LogP contribution in [-0.4, -0.2) is 28.4 Å². The predicted molar refractivity (Wildman–Crippen MR) is 70.2 cm³/mol. The van der Waals surface area contributed by atoms with E-state index in [1.54, 1.807) is 16.7 Å². The molecule has 1 atom stereocenters. The summed E-state index contributed by atoms with van der Waals surface area (Å²) in [5.41, 5.74) is 0. The van der Waals surface area contributed by atoms with Crippen LogP contribution in [-0.2, 0) is 4.79 Å². The third kappa shape index (κ3) is 2.79. The number of hydrogen-bond donors (Lipinski definition) is 0. The molecule has 1 saturated heterocycles. The van der Waals surface area contributed by atoms with Gasteiger partial charge in [-0.25, -0.2) is 0 Å². The zero-order valence-corrected chi connectivity index (χ0v) is 11.2. The lowest BCUT2D eigenvalue weighted by atomic mass is 10.1. The lowest BCUT2D eigenvalue weighted by Crippen LogP contribution is -2.24. The normalized spacial score (nSPS) is 19.6. The average molecular weight is 267 g/mol. The van der Waals surface area contributed by atoms with Gasteiger partial charge in [-0.1, -0.05) is 30.0 Å². The molecule has 6 heteroatoms. The minimum Gasteiger partial charge on any atom is -0.285 e. The second-order valence-electron chi connectivity index (χ2n) is 3.77. The smallest absolute Gasteiger partial charge is 0.230 e. The number of rotatable bonds is 4. The molecule has 0 aliphatic carbocycles. The Balaban J connectivity index is 2.05. The Hall–Kier alpha value is -1.06. The highest BCUT2D eigenvalue weighted by Crippen LogP contribution is 2.31. The fraction of sp³-hybridized carbons (Fsp3) is 0.545. The van der Waals surface area contributed by atoms with Gasteiger partial charge in [-0.05, 0) is 6.42 Å². The molecule has 1 amide bonds. The maximum absolute atomic E-state index is 11.7. The summed E-state index contributed by atoms with van der Waals surface area (Å²) in [6.07, 6.45) is 6.86. The van der Waals surface area contributed by atoms with Crippen LogP contribution < -0.4 is 4.90 Å². The maximum Gasteiger partial charge on any atom is 0.230 e. The summed E-state index contributed by atoms with van der Waals surface area (Å²) in [5.74, 6) is 3.71. The number of amides is 1. The van der Waals surface area contributed by atoms with E-state index in [0.717, 1.165) is 16.5 Å². The molecule has 1 unspecified atom stereocenters. The van der Waals surface area contributed by atoms with Gasteiger partial charge in [-0.15, -0.1) is 22.5 Å². The zero-order valence-electron chi connectivity index (χ0n) is 9.55. The minimum atomic E-state index is 0.0122. The summed E-state index contributed by atoms with van der Waals surface area (Å²) >= 11 is 3.14. The molecule has 1 aliphatic rings. The van der Waals surface area contributed by atoms with E-state index in [2.05, 4.69) is 23.0 Å². The van der Waals surface area contributed by atoms with Crippen molar-refractivity contribution in [2.75, 3.05) is 17.2 Å². The second kappa shape index (κ2) is 5.52. The van der Waals surface area contributed by atoms with Crippen molar-refractivity contribution in [3.8, 4) is 12.3 Å². The van der Waals surface area contributed by atoms with Gasteiger partial charge in [0.1, 0.15) is 0 Å². The first-order valence-electron chi connectivity index (χ1n) is 5.47. The molecule has 1 aliphatic heterocycles. The Morgan fingerprint density at radius 1 is 1.65 bits per heavy atom. The Bertz CT molecular complexity index is 452. The minimum absolute atomic E-state index is 0.0122. The van der Waals surface area contributed by atoms with Crippen molar-refractivity contribution in [1.82, 2.24) is 10.2 Å². The monoisotopic (exact) mass is 267 g/mol. The van der Waals surface area contributed by atoms with Crippen LogP contribution in [0.25, 0.3) is 0 Å². The lowest BCUT2D eigenvalue weighted by Gasteiger charge is -2.09. The van der Waals surface area contributed by atoms with E-state index in [1.807, 2.05) is 0 Å².